The summed E-state index contributed by atoms with van der Waals surface area (Å²) in [6.45, 7) is 5.10. The fraction of sp³-hybridized carbons (Fsp3) is 0.420. The van der Waals surface area contributed by atoms with Crippen molar-refractivity contribution in [2.45, 2.75) is 139 Å². The molecule has 524 valence electrons. The van der Waals surface area contributed by atoms with E-state index in [9.17, 15) is 45.5 Å². The van der Waals surface area contributed by atoms with Crippen LogP contribution in [0.4, 0.5) is 52.1 Å². The van der Waals surface area contributed by atoms with E-state index in [1.807, 2.05) is 0 Å². The fourth-order valence-corrected chi connectivity index (χ4v) is 10.5. The molecule has 0 radical (unpaired) electrons. The van der Waals surface area contributed by atoms with Crippen LogP contribution >= 0.6 is 0 Å². The molecule has 0 spiro atoms. The van der Waals surface area contributed by atoms with Crippen LogP contribution < -0.4 is 50.8 Å². The Labute approximate surface area is 557 Å². The zero-order valence-electron chi connectivity index (χ0n) is 54.6. The largest absolute Gasteiger partial charge is 0.497 e. The average molecular weight is 1360 g/mol. The number of alkyl halides is 6. The van der Waals surface area contributed by atoms with Crippen LogP contribution in [0.5, 0.6) is 23.0 Å². The van der Waals surface area contributed by atoms with E-state index in [1.165, 1.54) is 40.6 Å². The lowest BCUT2D eigenvalue weighted by Crippen LogP contribution is -2.71. The van der Waals surface area contributed by atoms with Gasteiger partial charge in [-0.05, 0) is 134 Å². The predicted molar refractivity (Wildman–Crippen MR) is 342 cm³/mol. The van der Waals surface area contributed by atoms with E-state index in [2.05, 4.69) is 31.9 Å². The standard InChI is InChI=1S/C69H80F6N6O16/c1-9-53(79-66(85)97-67(2,3)4)62(82)80-57-55(39-90-34-41-16-24-49(86-5)25-17-41)92-38-54(78-64(83)76-47-14-10-12-45(32-47)68(70,71)72)59(57)96-63-58(81-65(84)77-48-15-11-13-46(33-48)69(73,74)75)61(94-37-44-22-30-52(89-8)31-23-44)60(93-36-43-20-28-51(88-7)29-21-43)56(95-63)40-91-35-42-18-26-50(87-6)27-19-42/h10-33,53-61,63H,9,34-40H2,1-8H3,(H,79,85)(H,80,82)(H2,76,78,83)(H2,77,81,84)/t53-,54?,55?,56?,57+,58?,59-,60+,61-,63+/m1/s1. The molecule has 10 atom stereocenters. The molecular formula is C69H80F6N6O16. The molecule has 6 aromatic rings. The number of rotatable bonds is 28. The molecular weight excluding hydrogens is 1280 g/mol. The molecule has 4 unspecified atom stereocenters. The van der Waals surface area contributed by atoms with Crippen molar-refractivity contribution >= 4 is 35.4 Å². The maximum Gasteiger partial charge on any atom is 0.416 e. The number of benzene rings is 6. The number of carbonyl (C=O) groups is 4. The number of urea groups is 2. The van der Waals surface area contributed by atoms with Gasteiger partial charge in [-0.1, -0.05) is 67.6 Å². The van der Waals surface area contributed by atoms with Crippen molar-refractivity contribution in [3.8, 4) is 23.0 Å². The molecule has 2 fully saturated rings. The molecule has 0 bridgehead atoms. The SMILES string of the molecule is CC[C@@H](NC(=O)OC(C)(C)C)C(=O)N[C@H]1C(COCc2ccc(OC)cc2)OCC(NC(=O)Nc2cccc(C(F)(F)F)c2)[C@H]1O[C@@H]1OC(COCc2ccc(OC)cc2)[C@H](OCc2ccc(OC)cc2)[C@H](OCc2ccc(OC)cc2)C1NC(=O)Nc1cccc(C(F)(F)F)c1. The number of anilines is 2. The number of halogens is 6. The lowest BCUT2D eigenvalue weighted by Gasteiger charge is -2.49. The summed E-state index contributed by atoms with van der Waals surface area (Å²) in [5, 5.41) is 16.1. The molecule has 28 heteroatoms. The Morgan fingerprint density at radius 3 is 1.39 bits per heavy atom. The van der Waals surface area contributed by atoms with Gasteiger partial charge in [-0.25, -0.2) is 14.4 Å². The third-order valence-corrected chi connectivity index (χ3v) is 15.4. The minimum Gasteiger partial charge on any atom is -0.497 e. The molecule has 0 aromatic heterocycles. The predicted octanol–water partition coefficient (Wildman–Crippen LogP) is 11.3. The van der Waals surface area contributed by atoms with Gasteiger partial charge in [0.25, 0.3) is 0 Å². The van der Waals surface area contributed by atoms with Crippen LogP contribution in [0.15, 0.2) is 146 Å². The number of hydrogen-bond donors (Lipinski definition) is 6. The minimum absolute atomic E-state index is 0.00574. The van der Waals surface area contributed by atoms with Gasteiger partial charge in [0, 0.05) is 11.4 Å². The monoisotopic (exact) mass is 1360 g/mol. The smallest absolute Gasteiger partial charge is 0.416 e. The van der Waals surface area contributed by atoms with Crippen molar-refractivity contribution in [1.82, 2.24) is 21.3 Å². The average Bonchev–Trinajstić information content (AvgIpc) is 0.774. The molecule has 2 heterocycles. The molecule has 6 amide bonds. The van der Waals surface area contributed by atoms with Crippen LogP contribution in [-0.4, -0.2) is 139 Å². The number of amides is 6. The van der Waals surface area contributed by atoms with Crippen molar-refractivity contribution in [1.29, 1.82) is 0 Å². The van der Waals surface area contributed by atoms with Crippen LogP contribution in [-0.2, 0) is 81.5 Å². The van der Waals surface area contributed by atoms with E-state index in [0.717, 1.165) is 36.4 Å². The number of hydrogen-bond acceptors (Lipinski definition) is 16. The van der Waals surface area contributed by atoms with Crippen LogP contribution in [0.25, 0.3) is 0 Å². The van der Waals surface area contributed by atoms with Gasteiger partial charge in [-0.3, -0.25) is 4.79 Å². The number of carbonyl (C=O) groups excluding carboxylic acids is 4. The Morgan fingerprint density at radius 2 is 0.959 bits per heavy atom. The summed E-state index contributed by atoms with van der Waals surface area (Å²) in [6.07, 6.45) is -19.1. The molecule has 6 N–H and O–H groups in total. The molecule has 2 aliphatic heterocycles. The molecule has 97 heavy (non-hydrogen) atoms. The Bertz CT molecular complexity index is 3490. The van der Waals surface area contributed by atoms with Gasteiger partial charge < -0.3 is 88.7 Å². The lowest BCUT2D eigenvalue weighted by molar-refractivity contribution is -0.309. The first-order valence-corrected chi connectivity index (χ1v) is 30.9. The lowest BCUT2D eigenvalue weighted by atomic mass is 9.93. The molecule has 2 saturated heterocycles. The van der Waals surface area contributed by atoms with Crippen molar-refractivity contribution in [3.05, 3.63) is 179 Å². The fourth-order valence-electron chi connectivity index (χ4n) is 10.5. The Hall–Kier alpha value is -8.90. The van der Waals surface area contributed by atoms with Gasteiger partial charge in [-0.2, -0.15) is 26.3 Å². The van der Waals surface area contributed by atoms with Crippen molar-refractivity contribution in [3.63, 3.8) is 0 Å². The molecule has 0 aliphatic carbocycles. The molecule has 2 aliphatic rings. The highest BCUT2D eigenvalue weighted by atomic mass is 19.4. The van der Waals surface area contributed by atoms with Crippen molar-refractivity contribution in [2.24, 2.45) is 0 Å². The van der Waals surface area contributed by atoms with Gasteiger partial charge in [0.2, 0.25) is 5.91 Å². The molecule has 0 saturated carbocycles. The minimum atomic E-state index is -4.81. The summed E-state index contributed by atoms with van der Waals surface area (Å²) in [6, 6.07) is 27.6. The summed E-state index contributed by atoms with van der Waals surface area (Å²) in [4.78, 5) is 57.5. The number of nitrogens with one attached hydrogen (secondary N) is 6. The summed E-state index contributed by atoms with van der Waals surface area (Å²) >= 11 is 0. The zero-order chi connectivity index (χ0) is 69.9. The van der Waals surface area contributed by atoms with Gasteiger partial charge in [0.1, 0.15) is 71.2 Å². The Balaban J connectivity index is 1.27. The summed E-state index contributed by atoms with van der Waals surface area (Å²) in [7, 11) is 6.04. The van der Waals surface area contributed by atoms with Gasteiger partial charge in [-0.15, -0.1) is 0 Å². The first-order valence-electron chi connectivity index (χ1n) is 30.9. The highest BCUT2D eigenvalue weighted by Gasteiger charge is 2.53. The maximum absolute atomic E-state index is 15.0. The van der Waals surface area contributed by atoms with Gasteiger partial charge in [0.15, 0.2) is 6.29 Å². The summed E-state index contributed by atoms with van der Waals surface area (Å²) < 4.78 is 159. The second kappa shape index (κ2) is 34.4. The van der Waals surface area contributed by atoms with E-state index in [1.54, 1.807) is 125 Å². The second-order valence-corrected chi connectivity index (χ2v) is 23.6. The first-order chi connectivity index (χ1) is 46.3. The number of ether oxygens (including phenoxy) is 12. The molecule has 22 nitrogen and oxygen atoms in total. The van der Waals surface area contributed by atoms with Gasteiger partial charge in [0.05, 0.1) is 97.9 Å². The molecule has 6 aromatic carbocycles. The normalized spacial score (nSPS) is 20.7. The van der Waals surface area contributed by atoms with E-state index < -0.39 is 121 Å². The maximum atomic E-state index is 15.0. The number of alkyl carbamates (subject to hydrolysis) is 1. The third kappa shape index (κ3) is 22.1. The topological polar surface area (TPSA) is 251 Å². The van der Waals surface area contributed by atoms with Crippen molar-refractivity contribution < 1.29 is 102 Å². The first kappa shape index (κ1) is 73.9. The van der Waals surface area contributed by atoms with Crippen LogP contribution in [0.1, 0.15) is 67.5 Å². The number of methoxy groups -OCH3 is 4. The zero-order valence-corrected chi connectivity index (χ0v) is 54.6. The third-order valence-electron chi connectivity index (χ3n) is 15.4. The van der Waals surface area contributed by atoms with Crippen LogP contribution in [0.2, 0.25) is 0 Å². The Morgan fingerprint density at radius 1 is 0.526 bits per heavy atom. The van der Waals surface area contributed by atoms with E-state index >= 15 is 0 Å². The van der Waals surface area contributed by atoms with Crippen LogP contribution in [0.3, 0.4) is 0 Å². The second-order valence-electron chi connectivity index (χ2n) is 23.6. The highest BCUT2D eigenvalue weighted by molar-refractivity contribution is 5.90. The van der Waals surface area contributed by atoms with E-state index in [-0.39, 0.29) is 57.4 Å². The van der Waals surface area contributed by atoms with E-state index in [4.69, 9.17) is 56.8 Å². The highest BCUT2D eigenvalue weighted by Crippen LogP contribution is 2.36. The van der Waals surface area contributed by atoms with E-state index in [0.29, 0.717) is 45.3 Å². The van der Waals surface area contributed by atoms with Crippen molar-refractivity contribution in [2.75, 3.05) is 58.9 Å². The summed E-state index contributed by atoms with van der Waals surface area (Å²) in [5.74, 6) is 1.40. The molecule has 8 rings (SSSR count). The Kier molecular flexibility index (Phi) is 26.2. The van der Waals surface area contributed by atoms with Gasteiger partial charge >= 0.3 is 30.5 Å². The quantitative estimate of drug-likeness (QED) is 0.0250. The van der Waals surface area contributed by atoms with Crippen LogP contribution in [0, 0.1) is 0 Å². The summed E-state index contributed by atoms with van der Waals surface area (Å²) in [5.41, 5.74) is -1.04.